The average Bonchev–Trinajstić information content (AvgIpc) is 2.25. The Labute approximate surface area is 89.3 Å². The molecule has 76 valence electrons. The van der Waals surface area contributed by atoms with Crippen molar-refractivity contribution in [1.82, 2.24) is 0 Å². The van der Waals surface area contributed by atoms with Gasteiger partial charge in [0.05, 0.1) is 0 Å². The topological polar surface area (TPSA) is 36.9 Å². The van der Waals surface area contributed by atoms with Crippen LogP contribution in [-0.2, 0) is 0 Å². The van der Waals surface area contributed by atoms with Gasteiger partial charge in [0, 0.05) is 12.1 Å². The van der Waals surface area contributed by atoms with Gasteiger partial charge in [0.15, 0.2) is 0 Å². The van der Waals surface area contributed by atoms with E-state index in [9.17, 15) is 0 Å². The standard InChI is InChI=1S/C13H13NO/c1-10-2-6-12(7-3-10)15-13-8-4-11(14)5-9-13/h2-9H,14H2,1H3/p+1. The molecule has 0 saturated carbocycles. The van der Waals surface area contributed by atoms with Crippen molar-refractivity contribution in [2.75, 3.05) is 0 Å². The second kappa shape index (κ2) is 4.15. The Kier molecular flexibility index (Phi) is 2.70. The minimum atomic E-state index is 0.839. The van der Waals surface area contributed by atoms with Crippen LogP contribution in [0.25, 0.3) is 0 Å². The lowest BCUT2D eigenvalue weighted by Crippen LogP contribution is -2.39. The number of hydrogen-bond donors (Lipinski definition) is 1. The van der Waals surface area contributed by atoms with Crippen LogP contribution in [-0.4, -0.2) is 0 Å². The summed E-state index contributed by atoms with van der Waals surface area (Å²) in [6, 6.07) is 15.7. The summed E-state index contributed by atoms with van der Waals surface area (Å²) in [5.41, 5.74) is 6.05. The van der Waals surface area contributed by atoms with Crippen LogP contribution in [0.3, 0.4) is 0 Å². The summed E-state index contributed by atoms with van der Waals surface area (Å²) in [6.45, 7) is 2.06. The van der Waals surface area contributed by atoms with E-state index in [1.807, 2.05) is 48.5 Å². The molecule has 0 radical (unpaired) electrons. The third-order valence-corrected chi connectivity index (χ3v) is 2.18. The van der Waals surface area contributed by atoms with Gasteiger partial charge in [0.25, 0.3) is 0 Å². The lowest BCUT2D eigenvalue weighted by atomic mass is 10.2. The van der Waals surface area contributed by atoms with Crippen LogP contribution in [0.4, 0.5) is 5.69 Å². The van der Waals surface area contributed by atoms with E-state index in [-0.39, 0.29) is 0 Å². The van der Waals surface area contributed by atoms with Gasteiger partial charge < -0.3 is 10.5 Å². The molecule has 0 aliphatic carbocycles. The molecule has 2 heteroatoms. The second-order valence-electron chi connectivity index (χ2n) is 3.56. The highest BCUT2D eigenvalue weighted by atomic mass is 16.5. The Morgan fingerprint density at radius 3 is 1.80 bits per heavy atom. The average molecular weight is 200 g/mol. The summed E-state index contributed by atoms with van der Waals surface area (Å²) >= 11 is 0. The van der Waals surface area contributed by atoms with Crippen LogP contribution in [0.1, 0.15) is 5.56 Å². The van der Waals surface area contributed by atoms with Crippen LogP contribution in [0.15, 0.2) is 48.5 Å². The highest BCUT2D eigenvalue weighted by Gasteiger charge is 1.96. The van der Waals surface area contributed by atoms with E-state index in [1.54, 1.807) is 0 Å². The smallest absolute Gasteiger partial charge is 0.128 e. The maximum Gasteiger partial charge on any atom is 0.128 e. The molecule has 0 aliphatic rings. The molecule has 0 heterocycles. The molecule has 2 aromatic rings. The monoisotopic (exact) mass is 200 g/mol. The minimum Gasteiger partial charge on any atom is -0.457 e. The molecular formula is C13H14NO+. The number of quaternary nitrogens is 1. The van der Waals surface area contributed by atoms with Gasteiger partial charge in [-0.3, -0.25) is 0 Å². The SMILES string of the molecule is Cc1ccc(Oc2ccc([NH3+])cc2)cc1. The van der Waals surface area contributed by atoms with Crippen LogP contribution in [0.5, 0.6) is 11.5 Å². The number of aryl methyl sites for hydroxylation is 1. The molecule has 2 aromatic carbocycles. The Bertz CT molecular complexity index is 388. The normalized spacial score (nSPS) is 10.0. The van der Waals surface area contributed by atoms with Crippen LogP contribution in [0.2, 0.25) is 0 Å². The van der Waals surface area contributed by atoms with Gasteiger partial charge in [-0.25, -0.2) is 0 Å². The Balaban J connectivity index is 2.15. The second-order valence-corrected chi connectivity index (χ2v) is 3.56. The molecule has 2 rings (SSSR count). The van der Waals surface area contributed by atoms with Gasteiger partial charge in [0.2, 0.25) is 0 Å². The van der Waals surface area contributed by atoms with Crippen molar-refractivity contribution in [2.24, 2.45) is 0 Å². The van der Waals surface area contributed by atoms with Gasteiger partial charge in [-0.15, -0.1) is 0 Å². The minimum absolute atomic E-state index is 0.839. The molecule has 0 unspecified atom stereocenters. The zero-order chi connectivity index (χ0) is 10.7. The summed E-state index contributed by atoms with van der Waals surface area (Å²) in [4.78, 5) is 0. The fraction of sp³-hybridized carbons (Fsp3) is 0.0769. The highest BCUT2D eigenvalue weighted by molar-refractivity contribution is 5.38. The first kappa shape index (κ1) is 9.74. The van der Waals surface area contributed by atoms with E-state index in [0.717, 1.165) is 17.2 Å². The van der Waals surface area contributed by atoms with Gasteiger partial charge in [-0.05, 0) is 31.2 Å². The summed E-state index contributed by atoms with van der Waals surface area (Å²) in [7, 11) is 0. The van der Waals surface area contributed by atoms with E-state index < -0.39 is 0 Å². The molecule has 0 saturated heterocycles. The largest absolute Gasteiger partial charge is 0.457 e. The van der Waals surface area contributed by atoms with Crippen molar-refractivity contribution in [3.63, 3.8) is 0 Å². The van der Waals surface area contributed by atoms with E-state index in [4.69, 9.17) is 4.74 Å². The van der Waals surface area contributed by atoms with E-state index in [2.05, 4.69) is 12.7 Å². The van der Waals surface area contributed by atoms with Crippen molar-refractivity contribution >= 4 is 5.69 Å². The summed E-state index contributed by atoms with van der Waals surface area (Å²) in [5, 5.41) is 0. The zero-order valence-corrected chi connectivity index (χ0v) is 8.73. The predicted octanol–water partition coefficient (Wildman–Crippen LogP) is 2.66. The Morgan fingerprint density at radius 1 is 0.800 bits per heavy atom. The van der Waals surface area contributed by atoms with Gasteiger partial charge in [0.1, 0.15) is 17.2 Å². The molecule has 0 aromatic heterocycles. The molecule has 0 spiro atoms. The molecular weight excluding hydrogens is 186 g/mol. The van der Waals surface area contributed by atoms with Gasteiger partial charge >= 0.3 is 0 Å². The van der Waals surface area contributed by atoms with Crippen molar-refractivity contribution in [1.29, 1.82) is 0 Å². The van der Waals surface area contributed by atoms with Gasteiger partial charge in [-0.2, -0.15) is 0 Å². The van der Waals surface area contributed by atoms with Crippen molar-refractivity contribution in [3.8, 4) is 11.5 Å². The van der Waals surface area contributed by atoms with E-state index in [0.29, 0.717) is 0 Å². The molecule has 0 bridgehead atoms. The molecule has 0 amide bonds. The first-order chi connectivity index (χ1) is 7.24. The third kappa shape index (κ3) is 2.58. The third-order valence-electron chi connectivity index (χ3n) is 2.18. The van der Waals surface area contributed by atoms with E-state index >= 15 is 0 Å². The fourth-order valence-corrected chi connectivity index (χ4v) is 1.30. The Morgan fingerprint density at radius 2 is 1.27 bits per heavy atom. The molecule has 0 atom stereocenters. The zero-order valence-electron chi connectivity index (χ0n) is 8.73. The van der Waals surface area contributed by atoms with Crippen molar-refractivity contribution < 1.29 is 10.5 Å². The quantitative estimate of drug-likeness (QED) is 0.795. The summed E-state index contributed by atoms with van der Waals surface area (Å²) < 4.78 is 5.66. The van der Waals surface area contributed by atoms with E-state index in [1.165, 1.54) is 5.56 Å². The number of ether oxygens (including phenoxy) is 1. The summed E-state index contributed by atoms with van der Waals surface area (Å²) in [5.74, 6) is 1.70. The van der Waals surface area contributed by atoms with Crippen LogP contribution < -0.4 is 10.5 Å². The van der Waals surface area contributed by atoms with Crippen LogP contribution >= 0.6 is 0 Å². The van der Waals surface area contributed by atoms with Crippen LogP contribution in [0, 0.1) is 6.92 Å². The number of rotatable bonds is 2. The fourth-order valence-electron chi connectivity index (χ4n) is 1.30. The number of benzene rings is 2. The number of hydrogen-bond acceptors (Lipinski definition) is 1. The predicted molar refractivity (Wildman–Crippen MR) is 60.2 cm³/mol. The molecule has 3 N–H and O–H groups in total. The molecule has 15 heavy (non-hydrogen) atoms. The lowest BCUT2D eigenvalue weighted by molar-refractivity contribution is -0.254. The Hall–Kier alpha value is -1.80. The molecule has 2 nitrogen and oxygen atoms in total. The first-order valence-corrected chi connectivity index (χ1v) is 4.90. The molecule has 0 aliphatic heterocycles. The lowest BCUT2D eigenvalue weighted by Gasteiger charge is -2.05. The maximum absolute atomic E-state index is 5.66. The first-order valence-electron chi connectivity index (χ1n) is 4.90. The highest BCUT2D eigenvalue weighted by Crippen LogP contribution is 2.21. The van der Waals surface area contributed by atoms with Crippen molar-refractivity contribution in [2.45, 2.75) is 6.92 Å². The maximum atomic E-state index is 5.66. The van der Waals surface area contributed by atoms with Crippen molar-refractivity contribution in [3.05, 3.63) is 54.1 Å². The summed E-state index contributed by atoms with van der Waals surface area (Å²) in [6.07, 6.45) is 0. The van der Waals surface area contributed by atoms with Gasteiger partial charge in [-0.1, -0.05) is 17.7 Å². The molecule has 0 fully saturated rings.